The molecule has 0 saturated carbocycles. The molecule has 2 atom stereocenters. The quantitative estimate of drug-likeness (QED) is 0.300. The third-order valence-electron chi connectivity index (χ3n) is 6.27. The first kappa shape index (κ1) is 26.2. The molecule has 0 radical (unpaired) electrons. The molecule has 0 amide bonds. The Kier molecular flexibility index (Phi) is 11.4. The maximum Gasteiger partial charge on any atom is 0.191 e. The number of piperazine rings is 1. The number of benzene rings is 1. The molecule has 2 fully saturated rings. The second-order valence-electron chi connectivity index (χ2n) is 9.08. The zero-order chi connectivity index (χ0) is 21.3. The van der Waals surface area contributed by atoms with Gasteiger partial charge in [0.15, 0.2) is 5.96 Å². The van der Waals surface area contributed by atoms with Crippen molar-refractivity contribution in [1.82, 2.24) is 20.4 Å². The van der Waals surface area contributed by atoms with Gasteiger partial charge in [-0.15, -0.1) is 24.0 Å². The van der Waals surface area contributed by atoms with E-state index in [-0.39, 0.29) is 30.0 Å². The summed E-state index contributed by atoms with van der Waals surface area (Å²) in [6.45, 7) is 16.6. The van der Waals surface area contributed by atoms with Crippen LogP contribution in [0.4, 0.5) is 5.69 Å². The number of likely N-dealkylation sites (N-methyl/N-ethyl adjacent to an activating group) is 1. The Morgan fingerprint density at radius 1 is 1.06 bits per heavy atom. The summed E-state index contributed by atoms with van der Waals surface area (Å²) < 4.78 is 0. The average Bonchev–Trinajstić information content (AvgIpc) is 3.29. The van der Waals surface area contributed by atoms with Crippen LogP contribution in [0.2, 0.25) is 0 Å². The molecule has 1 aromatic carbocycles. The minimum Gasteiger partial charge on any atom is -0.372 e. The van der Waals surface area contributed by atoms with Crippen LogP contribution in [0.1, 0.15) is 45.2 Å². The number of rotatable bonds is 8. The number of nitrogens with one attached hydrogen (secondary N) is 2. The van der Waals surface area contributed by atoms with Crippen molar-refractivity contribution in [2.75, 3.05) is 70.9 Å². The summed E-state index contributed by atoms with van der Waals surface area (Å²) in [4.78, 5) is 12.4. The van der Waals surface area contributed by atoms with E-state index in [9.17, 15) is 0 Å². The van der Waals surface area contributed by atoms with Crippen LogP contribution in [0.15, 0.2) is 29.3 Å². The minimum absolute atomic E-state index is 0. The number of halogens is 1. The smallest absolute Gasteiger partial charge is 0.191 e. The van der Waals surface area contributed by atoms with Crippen LogP contribution in [-0.2, 0) is 0 Å². The van der Waals surface area contributed by atoms with E-state index in [1.165, 1.54) is 63.4 Å². The van der Waals surface area contributed by atoms with E-state index in [4.69, 9.17) is 4.99 Å². The lowest BCUT2D eigenvalue weighted by Gasteiger charge is -2.33. The van der Waals surface area contributed by atoms with Crippen molar-refractivity contribution in [2.45, 2.75) is 39.7 Å². The normalized spacial score (nSPS) is 20.3. The highest BCUT2D eigenvalue weighted by Gasteiger charge is 2.17. The SMILES string of the molecule is CCNC(=NCC(C)CN1CCN(C)CC1)NC(C)c1cccc(N2CCCC2)c1.I. The first-order chi connectivity index (χ1) is 14.5. The maximum absolute atomic E-state index is 4.91. The average molecular weight is 543 g/mol. The predicted octanol–water partition coefficient (Wildman–Crippen LogP) is 3.40. The molecule has 2 heterocycles. The monoisotopic (exact) mass is 542 g/mol. The van der Waals surface area contributed by atoms with E-state index in [0.29, 0.717) is 5.92 Å². The van der Waals surface area contributed by atoms with Crippen LogP contribution in [0, 0.1) is 5.92 Å². The molecule has 2 unspecified atom stereocenters. The van der Waals surface area contributed by atoms with Crippen LogP contribution in [0.5, 0.6) is 0 Å². The molecule has 3 rings (SSSR count). The Hall–Kier alpha value is -1.06. The number of anilines is 1. The van der Waals surface area contributed by atoms with Gasteiger partial charge in [-0.3, -0.25) is 4.99 Å². The summed E-state index contributed by atoms with van der Waals surface area (Å²) in [7, 11) is 2.21. The fraction of sp³-hybridized carbons (Fsp3) is 0.708. The van der Waals surface area contributed by atoms with Gasteiger partial charge in [-0.25, -0.2) is 0 Å². The summed E-state index contributed by atoms with van der Waals surface area (Å²) in [6.07, 6.45) is 2.61. The number of hydrogen-bond donors (Lipinski definition) is 2. The molecule has 0 aliphatic carbocycles. The highest BCUT2D eigenvalue weighted by Crippen LogP contribution is 2.24. The summed E-state index contributed by atoms with van der Waals surface area (Å²) in [5.41, 5.74) is 2.66. The fourth-order valence-electron chi connectivity index (χ4n) is 4.35. The lowest BCUT2D eigenvalue weighted by atomic mass is 10.1. The van der Waals surface area contributed by atoms with E-state index in [1.807, 2.05) is 0 Å². The molecule has 0 aromatic heterocycles. The number of hydrogen-bond acceptors (Lipinski definition) is 4. The molecule has 176 valence electrons. The second kappa shape index (κ2) is 13.5. The van der Waals surface area contributed by atoms with E-state index in [2.05, 4.69) is 77.4 Å². The van der Waals surface area contributed by atoms with Crippen molar-refractivity contribution in [2.24, 2.45) is 10.9 Å². The lowest BCUT2D eigenvalue weighted by molar-refractivity contribution is 0.140. The summed E-state index contributed by atoms with van der Waals surface area (Å²) in [5, 5.41) is 7.04. The van der Waals surface area contributed by atoms with E-state index < -0.39 is 0 Å². The number of nitrogens with zero attached hydrogens (tertiary/aromatic N) is 4. The van der Waals surface area contributed by atoms with Gasteiger partial charge in [0.2, 0.25) is 0 Å². The predicted molar refractivity (Wildman–Crippen MR) is 144 cm³/mol. The molecule has 1 aromatic rings. The van der Waals surface area contributed by atoms with Crippen molar-refractivity contribution in [3.8, 4) is 0 Å². The standard InChI is InChI=1S/C24H42N6.HI/c1-5-25-24(26-18-20(2)19-29-15-13-28(4)14-16-29)27-21(3)22-9-8-10-23(17-22)30-11-6-7-12-30;/h8-10,17,20-21H,5-7,11-16,18-19H2,1-4H3,(H2,25,26,27);1H. The van der Waals surface area contributed by atoms with Crippen LogP contribution >= 0.6 is 24.0 Å². The zero-order valence-electron chi connectivity index (χ0n) is 19.9. The number of guanidine groups is 1. The highest BCUT2D eigenvalue weighted by molar-refractivity contribution is 14.0. The zero-order valence-corrected chi connectivity index (χ0v) is 22.3. The molecule has 7 heteroatoms. The molecule has 0 spiro atoms. The van der Waals surface area contributed by atoms with Gasteiger partial charge in [-0.05, 0) is 57.4 Å². The fourth-order valence-corrected chi connectivity index (χ4v) is 4.35. The van der Waals surface area contributed by atoms with Gasteiger partial charge in [-0.2, -0.15) is 0 Å². The maximum atomic E-state index is 4.91. The molecule has 0 bridgehead atoms. The summed E-state index contributed by atoms with van der Waals surface area (Å²) in [5.74, 6) is 1.47. The molecule has 2 saturated heterocycles. The van der Waals surface area contributed by atoms with Gasteiger partial charge in [0.05, 0.1) is 6.04 Å². The van der Waals surface area contributed by atoms with Crippen LogP contribution < -0.4 is 15.5 Å². The first-order valence-corrected chi connectivity index (χ1v) is 11.9. The van der Waals surface area contributed by atoms with Crippen LogP contribution in [0.3, 0.4) is 0 Å². The van der Waals surface area contributed by atoms with Gasteiger partial charge in [0.25, 0.3) is 0 Å². The molecule has 2 aliphatic heterocycles. The van der Waals surface area contributed by atoms with Crippen molar-refractivity contribution in [1.29, 1.82) is 0 Å². The molecule has 2 aliphatic rings. The van der Waals surface area contributed by atoms with Gasteiger partial charge in [0.1, 0.15) is 0 Å². The number of aliphatic imine (C=N–C) groups is 1. The van der Waals surface area contributed by atoms with Crippen LogP contribution in [-0.4, -0.2) is 81.7 Å². The van der Waals surface area contributed by atoms with Gasteiger partial charge in [-0.1, -0.05) is 19.1 Å². The molecule has 31 heavy (non-hydrogen) atoms. The van der Waals surface area contributed by atoms with Crippen molar-refractivity contribution < 1.29 is 0 Å². The second-order valence-corrected chi connectivity index (χ2v) is 9.08. The minimum atomic E-state index is 0. The van der Waals surface area contributed by atoms with Crippen molar-refractivity contribution in [3.05, 3.63) is 29.8 Å². The highest BCUT2D eigenvalue weighted by atomic mass is 127. The van der Waals surface area contributed by atoms with Crippen molar-refractivity contribution in [3.63, 3.8) is 0 Å². The Bertz CT molecular complexity index is 668. The molecular weight excluding hydrogens is 499 g/mol. The Morgan fingerprint density at radius 2 is 1.77 bits per heavy atom. The Labute approximate surface area is 206 Å². The van der Waals surface area contributed by atoms with Crippen molar-refractivity contribution >= 4 is 35.6 Å². The van der Waals surface area contributed by atoms with Gasteiger partial charge < -0.3 is 25.3 Å². The third kappa shape index (κ3) is 8.42. The summed E-state index contributed by atoms with van der Waals surface area (Å²) >= 11 is 0. The Balaban J connectivity index is 0.00000341. The topological polar surface area (TPSA) is 46.1 Å². The summed E-state index contributed by atoms with van der Waals surface area (Å²) in [6, 6.07) is 9.20. The van der Waals surface area contributed by atoms with E-state index >= 15 is 0 Å². The largest absolute Gasteiger partial charge is 0.372 e. The first-order valence-electron chi connectivity index (χ1n) is 11.9. The lowest BCUT2D eigenvalue weighted by Crippen LogP contribution is -2.46. The molecule has 6 nitrogen and oxygen atoms in total. The van der Waals surface area contributed by atoms with E-state index in [1.54, 1.807) is 0 Å². The molecule has 2 N–H and O–H groups in total. The van der Waals surface area contributed by atoms with Gasteiger partial charge in [0, 0.05) is 64.6 Å². The third-order valence-corrected chi connectivity index (χ3v) is 6.27. The van der Waals surface area contributed by atoms with E-state index in [0.717, 1.165) is 25.6 Å². The molecular formula is C24H43IN6. The van der Waals surface area contributed by atoms with Gasteiger partial charge >= 0.3 is 0 Å². The van der Waals surface area contributed by atoms with Crippen LogP contribution in [0.25, 0.3) is 0 Å². The Morgan fingerprint density at radius 3 is 2.45 bits per heavy atom.